The molecule has 0 aromatic heterocycles. The standard InChI is InChI=1S/C21H24N2O4/c1-15-20(24)23(18-8-10-19(26-2)11-9-18)13-12-22(15)14-16-4-6-17(7-5-16)21(25)27-3/h4-11,15H,12-14H2,1-3H3. The lowest BCUT2D eigenvalue weighted by molar-refractivity contribution is -0.125. The molecule has 1 heterocycles. The molecule has 0 radical (unpaired) electrons. The van der Waals surface area contributed by atoms with Crippen LogP contribution in [0, 0.1) is 0 Å². The number of benzene rings is 2. The van der Waals surface area contributed by atoms with E-state index in [-0.39, 0.29) is 17.9 Å². The number of ether oxygens (including phenoxy) is 2. The molecule has 0 N–H and O–H groups in total. The third-order valence-corrected chi connectivity index (χ3v) is 4.93. The van der Waals surface area contributed by atoms with Crippen molar-refractivity contribution < 1.29 is 19.1 Å². The van der Waals surface area contributed by atoms with E-state index in [9.17, 15) is 9.59 Å². The summed E-state index contributed by atoms with van der Waals surface area (Å²) in [7, 11) is 2.99. The van der Waals surface area contributed by atoms with Crippen LogP contribution in [0.2, 0.25) is 0 Å². The van der Waals surface area contributed by atoms with Crippen LogP contribution in [-0.2, 0) is 16.1 Å². The number of rotatable bonds is 5. The number of esters is 1. The normalized spacial score (nSPS) is 17.7. The topological polar surface area (TPSA) is 59.1 Å². The summed E-state index contributed by atoms with van der Waals surface area (Å²) in [4.78, 5) is 28.4. The predicted octanol–water partition coefficient (Wildman–Crippen LogP) is 2.72. The lowest BCUT2D eigenvalue weighted by Gasteiger charge is -2.39. The number of amides is 1. The largest absolute Gasteiger partial charge is 0.497 e. The Bertz CT molecular complexity index is 802. The first-order chi connectivity index (χ1) is 13.0. The Morgan fingerprint density at radius 3 is 2.30 bits per heavy atom. The van der Waals surface area contributed by atoms with Gasteiger partial charge in [0.2, 0.25) is 5.91 Å². The van der Waals surface area contributed by atoms with Crippen LogP contribution in [-0.4, -0.2) is 50.1 Å². The van der Waals surface area contributed by atoms with Gasteiger partial charge in [0.25, 0.3) is 0 Å². The summed E-state index contributed by atoms with van der Waals surface area (Å²) in [6, 6.07) is 14.6. The molecule has 1 amide bonds. The van der Waals surface area contributed by atoms with Crippen molar-refractivity contribution in [2.75, 3.05) is 32.2 Å². The van der Waals surface area contributed by atoms with Crippen molar-refractivity contribution in [1.82, 2.24) is 4.90 Å². The van der Waals surface area contributed by atoms with Crippen LogP contribution in [0.4, 0.5) is 5.69 Å². The Morgan fingerprint density at radius 1 is 1.04 bits per heavy atom. The first-order valence-electron chi connectivity index (χ1n) is 8.90. The van der Waals surface area contributed by atoms with Crippen molar-refractivity contribution in [2.45, 2.75) is 19.5 Å². The highest BCUT2D eigenvalue weighted by Gasteiger charge is 2.32. The summed E-state index contributed by atoms with van der Waals surface area (Å²) in [6.45, 7) is 4.00. The van der Waals surface area contributed by atoms with Gasteiger partial charge in [-0.25, -0.2) is 4.79 Å². The molecular formula is C21H24N2O4. The monoisotopic (exact) mass is 368 g/mol. The lowest BCUT2D eigenvalue weighted by atomic mass is 10.1. The second-order valence-electron chi connectivity index (χ2n) is 6.52. The number of nitrogens with zero attached hydrogens (tertiary/aromatic N) is 2. The maximum absolute atomic E-state index is 12.9. The zero-order chi connectivity index (χ0) is 19.4. The van der Waals surface area contributed by atoms with Gasteiger partial charge < -0.3 is 14.4 Å². The molecule has 0 saturated carbocycles. The fourth-order valence-electron chi connectivity index (χ4n) is 3.25. The Balaban J connectivity index is 1.66. The van der Waals surface area contributed by atoms with Crippen molar-refractivity contribution >= 4 is 17.6 Å². The number of methoxy groups -OCH3 is 2. The molecule has 27 heavy (non-hydrogen) atoms. The van der Waals surface area contributed by atoms with Crippen molar-refractivity contribution in [3.8, 4) is 5.75 Å². The molecule has 6 nitrogen and oxygen atoms in total. The van der Waals surface area contributed by atoms with Gasteiger partial charge in [-0.1, -0.05) is 12.1 Å². The molecule has 1 fully saturated rings. The maximum Gasteiger partial charge on any atom is 0.337 e. The molecule has 1 saturated heterocycles. The molecule has 142 valence electrons. The Labute approximate surface area is 159 Å². The van der Waals surface area contributed by atoms with Crippen LogP contribution in [0.15, 0.2) is 48.5 Å². The van der Waals surface area contributed by atoms with Crippen LogP contribution in [0.25, 0.3) is 0 Å². The quantitative estimate of drug-likeness (QED) is 0.760. The van der Waals surface area contributed by atoms with Crippen LogP contribution in [0.5, 0.6) is 5.75 Å². The fraction of sp³-hybridized carbons (Fsp3) is 0.333. The van der Waals surface area contributed by atoms with E-state index in [4.69, 9.17) is 9.47 Å². The highest BCUT2D eigenvalue weighted by Crippen LogP contribution is 2.24. The Hall–Kier alpha value is -2.86. The van der Waals surface area contributed by atoms with Crippen LogP contribution < -0.4 is 9.64 Å². The van der Waals surface area contributed by atoms with Gasteiger partial charge in [-0.2, -0.15) is 0 Å². The number of carbonyl (C=O) groups excluding carboxylic acids is 2. The smallest absolute Gasteiger partial charge is 0.337 e. The molecule has 2 aromatic carbocycles. The van der Waals surface area contributed by atoms with Gasteiger partial charge in [0.1, 0.15) is 5.75 Å². The molecule has 1 aliphatic heterocycles. The number of anilines is 1. The second kappa shape index (κ2) is 8.22. The van der Waals surface area contributed by atoms with E-state index in [1.54, 1.807) is 19.2 Å². The average molecular weight is 368 g/mol. The van der Waals surface area contributed by atoms with E-state index in [0.717, 1.165) is 23.5 Å². The lowest BCUT2D eigenvalue weighted by Crippen LogP contribution is -2.55. The van der Waals surface area contributed by atoms with Crippen LogP contribution in [0.3, 0.4) is 0 Å². The summed E-state index contributed by atoms with van der Waals surface area (Å²) >= 11 is 0. The first-order valence-corrected chi connectivity index (χ1v) is 8.90. The zero-order valence-electron chi connectivity index (χ0n) is 15.8. The van der Waals surface area contributed by atoms with E-state index >= 15 is 0 Å². The predicted molar refractivity (Wildman–Crippen MR) is 103 cm³/mol. The SMILES string of the molecule is COC(=O)c1ccc(CN2CCN(c3ccc(OC)cc3)C(=O)C2C)cc1. The third kappa shape index (κ3) is 4.11. The molecule has 1 aliphatic rings. The Kier molecular flexibility index (Phi) is 5.76. The van der Waals surface area contributed by atoms with E-state index in [2.05, 4.69) is 4.90 Å². The molecule has 1 unspecified atom stereocenters. The number of hydrogen-bond donors (Lipinski definition) is 0. The van der Waals surface area contributed by atoms with E-state index in [1.165, 1.54) is 7.11 Å². The molecular weight excluding hydrogens is 344 g/mol. The van der Waals surface area contributed by atoms with Gasteiger partial charge >= 0.3 is 5.97 Å². The summed E-state index contributed by atoms with van der Waals surface area (Å²) in [5.41, 5.74) is 2.46. The minimum atomic E-state index is -0.349. The van der Waals surface area contributed by atoms with Crippen molar-refractivity contribution in [3.63, 3.8) is 0 Å². The van der Waals surface area contributed by atoms with E-state index in [0.29, 0.717) is 18.7 Å². The molecule has 0 bridgehead atoms. The summed E-state index contributed by atoms with van der Waals surface area (Å²) in [6.07, 6.45) is 0. The van der Waals surface area contributed by atoms with Gasteiger partial charge in [0.05, 0.1) is 25.8 Å². The Morgan fingerprint density at radius 2 is 1.70 bits per heavy atom. The first kappa shape index (κ1) is 18.9. The van der Waals surface area contributed by atoms with Crippen LogP contribution >= 0.6 is 0 Å². The minimum absolute atomic E-state index is 0.0811. The zero-order valence-corrected chi connectivity index (χ0v) is 15.8. The summed E-state index contributed by atoms with van der Waals surface area (Å²) in [5, 5.41) is 0. The molecule has 0 spiro atoms. The highest BCUT2D eigenvalue weighted by atomic mass is 16.5. The van der Waals surface area contributed by atoms with Crippen molar-refractivity contribution in [3.05, 3.63) is 59.7 Å². The molecule has 2 aromatic rings. The summed E-state index contributed by atoms with van der Waals surface area (Å²) in [5.74, 6) is 0.504. The second-order valence-corrected chi connectivity index (χ2v) is 6.52. The van der Waals surface area contributed by atoms with Gasteiger partial charge in [-0.3, -0.25) is 9.69 Å². The average Bonchev–Trinajstić information content (AvgIpc) is 2.71. The molecule has 6 heteroatoms. The van der Waals surface area contributed by atoms with Gasteiger partial charge in [0, 0.05) is 25.3 Å². The summed E-state index contributed by atoms with van der Waals surface area (Å²) < 4.78 is 9.90. The van der Waals surface area contributed by atoms with E-state index in [1.807, 2.05) is 48.2 Å². The van der Waals surface area contributed by atoms with Gasteiger partial charge in [0.15, 0.2) is 0 Å². The van der Waals surface area contributed by atoms with Crippen molar-refractivity contribution in [2.24, 2.45) is 0 Å². The minimum Gasteiger partial charge on any atom is -0.497 e. The number of carbonyl (C=O) groups is 2. The number of hydrogen-bond acceptors (Lipinski definition) is 5. The molecule has 3 rings (SSSR count). The van der Waals surface area contributed by atoms with Gasteiger partial charge in [-0.15, -0.1) is 0 Å². The molecule has 1 atom stereocenters. The van der Waals surface area contributed by atoms with Crippen molar-refractivity contribution in [1.29, 1.82) is 0 Å². The maximum atomic E-state index is 12.9. The number of piperazine rings is 1. The highest BCUT2D eigenvalue weighted by molar-refractivity contribution is 5.97. The van der Waals surface area contributed by atoms with Crippen LogP contribution in [0.1, 0.15) is 22.8 Å². The fourth-order valence-corrected chi connectivity index (χ4v) is 3.25. The third-order valence-electron chi connectivity index (χ3n) is 4.93. The van der Waals surface area contributed by atoms with Gasteiger partial charge in [-0.05, 0) is 48.9 Å². The van der Waals surface area contributed by atoms with E-state index < -0.39 is 0 Å². The molecule has 0 aliphatic carbocycles.